The van der Waals surface area contributed by atoms with Crippen LogP contribution in [0.3, 0.4) is 0 Å². The predicted octanol–water partition coefficient (Wildman–Crippen LogP) is 10.1. The van der Waals surface area contributed by atoms with Gasteiger partial charge in [0.1, 0.15) is 11.4 Å². The largest absolute Gasteiger partial charge is 0.459 e. The number of aromatic nitrogens is 2. The van der Waals surface area contributed by atoms with Gasteiger partial charge in [-0.3, -0.25) is 0 Å². The van der Waals surface area contributed by atoms with E-state index in [1.54, 1.807) is 0 Å². The molecule has 3 aromatic carbocycles. The Morgan fingerprint density at radius 1 is 0.675 bits per heavy atom. The van der Waals surface area contributed by atoms with E-state index >= 15 is 0 Å². The summed E-state index contributed by atoms with van der Waals surface area (Å²) in [5, 5.41) is 0. The normalized spacial score (nSPS) is 11.8. The molecule has 0 fully saturated rings. The third kappa shape index (κ3) is 6.17. The fourth-order valence-electron chi connectivity index (χ4n) is 5.57. The van der Waals surface area contributed by atoms with Gasteiger partial charge < -0.3 is 4.74 Å². The van der Waals surface area contributed by atoms with Crippen LogP contribution in [-0.4, -0.2) is 15.6 Å². The molecule has 0 amide bonds. The topological polar surface area (TPSA) is 18.0 Å². The zero-order valence-corrected chi connectivity index (χ0v) is 27.7. The molecule has 40 heavy (non-hydrogen) atoms. The summed E-state index contributed by atoms with van der Waals surface area (Å²) < 4.78 is 12.7. The number of ether oxygens (including phenoxy) is 1. The summed E-state index contributed by atoms with van der Waals surface area (Å²) >= 11 is 2.44. The van der Waals surface area contributed by atoms with E-state index < -0.39 is 0 Å². The lowest BCUT2D eigenvalue weighted by Crippen LogP contribution is -2.34. The van der Waals surface area contributed by atoms with E-state index in [-0.39, 0.29) is 0 Å². The molecule has 0 aliphatic heterocycles. The molecule has 0 atom stereocenters. The Kier molecular flexibility index (Phi) is 10.2. The number of alkyl halides is 1. The molecule has 4 aromatic rings. The van der Waals surface area contributed by atoms with E-state index in [1.807, 2.05) is 0 Å². The quantitative estimate of drug-likeness (QED) is 0.0685. The number of hydrogen-bond donors (Lipinski definition) is 0. The summed E-state index contributed by atoms with van der Waals surface area (Å²) in [6, 6.07) is 24.4. The van der Waals surface area contributed by atoms with Gasteiger partial charge in [0.25, 0.3) is 6.33 Å². The molecule has 0 N–H and O–H groups in total. The van der Waals surface area contributed by atoms with Crippen molar-refractivity contribution in [2.45, 2.75) is 85.5 Å². The molecule has 0 unspecified atom stereocenters. The van der Waals surface area contributed by atoms with Crippen LogP contribution in [0.1, 0.15) is 108 Å². The van der Waals surface area contributed by atoms with Crippen molar-refractivity contribution in [3.8, 4) is 28.5 Å². The van der Waals surface area contributed by atoms with Crippen LogP contribution >= 0.6 is 22.6 Å². The van der Waals surface area contributed by atoms with Gasteiger partial charge in [0, 0.05) is 32.2 Å². The Hall–Kier alpha value is -2.60. The monoisotopic (exact) mass is 649 g/mol. The van der Waals surface area contributed by atoms with Gasteiger partial charge in [-0.05, 0) is 30.1 Å². The Morgan fingerprint density at radius 2 is 1.18 bits per heavy atom. The molecule has 0 bridgehead atoms. The Balaban J connectivity index is 2.20. The van der Waals surface area contributed by atoms with Crippen LogP contribution in [0, 0.1) is 0 Å². The molecule has 0 aliphatic rings. The number of rotatable bonds is 11. The number of nitrogens with zero attached hydrogens (tertiary/aromatic N) is 2. The Labute approximate surface area is 255 Å². The van der Waals surface area contributed by atoms with Gasteiger partial charge in [-0.1, -0.05) is 145 Å². The smallest absolute Gasteiger partial charge is 0.338 e. The van der Waals surface area contributed by atoms with Crippen molar-refractivity contribution in [3.63, 3.8) is 0 Å². The number of hydrogen-bond acceptors (Lipinski definition) is 1. The first-order valence-corrected chi connectivity index (χ1v) is 16.4. The first kappa shape index (κ1) is 30.4. The molecule has 0 radical (unpaired) electrons. The zero-order valence-electron chi connectivity index (χ0n) is 25.5. The van der Waals surface area contributed by atoms with E-state index in [4.69, 9.17) is 4.74 Å². The van der Waals surface area contributed by atoms with Crippen LogP contribution in [0.5, 0.6) is 5.88 Å². The molecule has 1 aromatic heterocycles. The van der Waals surface area contributed by atoms with Gasteiger partial charge in [-0.25, -0.2) is 0 Å². The highest BCUT2D eigenvalue weighted by Crippen LogP contribution is 2.39. The lowest BCUT2D eigenvalue weighted by molar-refractivity contribution is -0.603. The minimum absolute atomic E-state index is 0.376. The Morgan fingerprint density at radius 3 is 1.65 bits per heavy atom. The lowest BCUT2D eigenvalue weighted by Gasteiger charge is -2.17. The van der Waals surface area contributed by atoms with Gasteiger partial charge in [-0.2, -0.15) is 9.13 Å². The van der Waals surface area contributed by atoms with Gasteiger partial charge in [-0.15, -0.1) is 0 Å². The van der Waals surface area contributed by atoms with E-state index in [0.717, 1.165) is 28.0 Å². The van der Waals surface area contributed by atoms with Gasteiger partial charge in [0.15, 0.2) is 0 Å². The second-order valence-electron chi connectivity index (χ2n) is 12.0. The molecule has 0 saturated heterocycles. The van der Waals surface area contributed by atoms with Crippen LogP contribution in [-0.2, 0) is 0 Å². The van der Waals surface area contributed by atoms with Crippen molar-refractivity contribution < 1.29 is 9.30 Å². The lowest BCUT2D eigenvalue weighted by atomic mass is 9.92. The minimum atomic E-state index is 0.376. The standard InChI is InChI=1S/C36H46IN2O/c1-24(2)29-17-12-18-30(25(3)4)34(29)38-23-39(35-31(26(5)6)19-13-20-32(35)27(7)8)36(40-22-14-21-37)33(38)28-15-10-9-11-16-28/h9-13,15-20,23-27H,14,21-22H2,1-8H3/q+1. The molecule has 4 rings (SSSR count). The van der Waals surface area contributed by atoms with E-state index in [2.05, 4.69) is 160 Å². The fourth-order valence-corrected chi connectivity index (χ4v) is 5.88. The minimum Gasteiger partial charge on any atom is -0.459 e. The van der Waals surface area contributed by atoms with Crippen LogP contribution in [0.4, 0.5) is 0 Å². The third-order valence-electron chi connectivity index (χ3n) is 7.62. The number of benzene rings is 3. The van der Waals surface area contributed by atoms with Crippen molar-refractivity contribution in [2.75, 3.05) is 11.0 Å². The number of halogens is 1. The summed E-state index contributed by atoms with van der Waals surface area (Å²) in [6.07, 6.45) is 3.31. The van der Waals surface area contributed by atoms with E-state index in [1.165, 1.54) is 33.6 Å². The van der Waals surface area contributed by atoms with Gasteiger partial charge in [0.2, 0.25) is 5.69 Å². The van der Waals surface area contributed by atoms with Crippen LogP contribution in [0.25, 0.3) is 22.6 Å². The maximum Gasteiger partial charge on any atom is 0.338 e. The van der Waals surface area contributed by atoms with Gasteiger partial charge >= 0.3 is 5.88 Å². The van der Waals surface area contributed by atoms with Crippen LogP contribution in [0.2, 0.25) is 0 Å². The molecule has 1 heterocycles. The predicted molar refractivity (Wildman–Crippen MR) is 178 cm³/mol. The van der Waals surface area contributed by atoms with Crippen molar-refractivity contribution in [1.29, 1.82) is 0 Å². The maximum absolute atomic E-state index is 6.83. The molecule has 0 spiro atoms. The summed E-state index contributed by atoms with van der Waals surface area (Å²) in [4.78, 5) is 0. The highest BCUT2D eigenvalue weighted by Gasteiger charge is 2.34. The first-order chi connectivity index (χ1) is 19.2. The summed E-state index contributed by atoms with van der Waals surface area (Å²) in [6.45, 7) is 19.0. The average molecular weight is 650 g/mol. The van der Waals surface area contributed by atoms with E-state index in [9.17, 15) is 0 Å². The van der Waals surface area contributed by atoms with E-state index in [0.29, 0.717) is 30.3 Å². The number of para-hydroxylation sites is 2. The first-order valence-electron chi connectivity index (χ1n) is 14.8. The summed E-state index contributed by atoms with van der Waals surface area (Å²) in [5.74, 6) is 2.43. The second-order valence-corrected chi connectivity index (χ2v) is 13.0. The molecule has 212 valence electrons. The molecule has 0 aliphatic carbocycles. The molecular weight excluding hydrogens is 603 g/mol. The molecular formula is C36H46IN2O+. The highest BCUT2D eigenvalue weighted by molar-refractivity contribution is 14.1. The fraction of sp³-hybridized carbons (Fsp3) is 0.417. The average Bonchev–Trinajstić information content (AvgIpc) is 3.31. The SMILES string of the molecule is CC(C)c1cccc(C(C)C)c1-n1c[n+](-c2c(C(C)C)cccc2C(C)C)c(OCCCI)c1-c1ccccc1. The van der Waals surface area contributed by atoms with Crippen molar-refractivity contribution in [1.82, 2.24) is 4.57 Å². The maximum atomic E-state index is 6.83. The summed E-state index contributed by atoms with van der Waals surface area (Å²) in [7, 11) is 0. The van der Waals surface area contributed by atoms with Crippen molar-refractivity contribution in [3.05, 3.63) is 95.3 Å². The number of imidazole rings is 1. The Bertz CT molecular complexity index is 1360. The third-order valence-corrected chi connectivity index (χ3v) is 8.39. The summed E-state index contributed by atoms with van der Waals surface area (Å²) in [5.41, 5.74) is 10.2. The van der Waals surface area contributed by atoms with Gasteiger partial charge in [0.05, 0.1) is 6.61 Å². The van der Waals surface area contributed by atoms with Crippen molar-refractivity contribution in [2.24, 2.45) is 0 Å². The molecule has 3 nitrogen and oxygen atoms in total. The molecule has 4 heteroatoms. The zero-order chi connectivity index (χ0) is 29.0. The van der Waals surface area contributed by atoms with Crippen LogP contribution < -0.4 is 9.30 Å². The highest BCUT2D eigenvalue weighted by atomic mass is 127. The molecule has 0 saturated carbocycles. The van der Waals surface area contributed by atoms with Crippen molar-refractivity contribution >= 4 is 22.6 Å². The van der Waals surface area contributed by atoms with Crippen LogP contribution in [0.15, 0.2) is 73.1 Å². The second kappa shape index (κ2) is 13.4.